The van der Waals surface area contributed by atoms with Crippen molar-refractivity contribution < 1.29 is 0 Å². The highest BCUT2D eigenvalue weighted by Crippen LogP contribution is 2.61. The van der Waals surface area contributed by atoms with Gasteiger partial charge in [0.1, 0.15) is 0 Å². The Morgan fingerprint density at radius 1 is 1.36 bits per heavy atom. The molecule has 0 amide bonds. The monoisotopic (exact) mass is 259 g/mol. The molecule has 3 aliphatic carbocycles. The highest BCUT2D eigenvalue weighted by atomic mass is 79.9. The normalized spacial score (nSPS) is 46.9. The predicted molar refractivity (Wildman–Crippen MR) is 64.5 cm³/mol. The summed E-state index contributed by atoms with van der Waals surface area (Å²) in [6.07, 6.45) is 2.85. The van der Waals surface area contributed by atoms with Crippen LogP contribution in [0.25, 0.3) is 0 Å². The van der Waals surface area contributed by atoms with Gasteiger partial charge >= 0.3 is 0 Å². The number of halogens is 1. The summed E-state index contributed by atoms with van der Waals surface area (Å²) in [6, 6.07) is 0.737. The molecule has 3 fully saturated rings. The number of rotatable bonds is 2. The van der Waals surface area contributed by atoms with Crippen LogP contribution in [0.3, 0.4) is 0 Å². The van der Waals surface area contributed by atoms with Crippen molar-refractivity contribution in [3.05, 3.63) is 0 Å². The lowest BCUT2D eigenvalue weighted by atomic mass is 9.45. The van der Waals surface area contributed by atoms with E-state index in [4.69, 9.17) is 0 Å². The Hall–Kier alpha value is 0.440. The molecule has 0 spiro atoms. The summed E-state index contributed by atoms with van der Waals surface area (Å²) in [7, 11) is 0. The summed E-state index contributed by atoms with van der Waals surface area (Å²) >= 11 is 3.59. The maximum atomic E-state index is 3.65. The molecule has 1 N–H and O–H groups in total. The van der Waals surface area contributed by atoms with Crippen LogP contribution in [0.15, 0.2) is 0 Å². The molecule has 0 radical (unpaired) electrons. The first kappa shape index (κ1) is 10.9. The largest absolute Gasteiger partial charge is 0.302 e. The second-order valence-corrected chi connectivity index (χ2v) is 7.22. The lowest BCUT2D eigenvalue weighted by Gasteiger charge is -2.62. The van der Waals surface area contributed by atoms with Gasteiger partial charge < -0.3 is 5.32 Å². The van der Waals surface area contributed by atoms with Crippen LogP contribution in [0.2, 0.25) is 0 Å². The zero-order chi connectivity index (χ0) is 10.5. The topological polar surface area (TPSA) is 12.0 Å². The van der Waals surface area contributed by atoms with Gasteiger partial charge in [-0.1, -0.05) is 36.7 Å². The molecule has 5 atom stereocenters. The van der Waals surface area contributed by atoms with Gasteiger partial charge in [0.05, 0.1) is 4.95 Å². The fourth-order valence-corrected chi connectivity index (χ4v) is 4.00. The van der Waals surface area contributed by atoms with Crippen LogP contribution in [-0.4, -0.2) is 11.0 Å². The van der Waals surface area contributed by atoms with Crippen molar-refractivity contribution in [1.82, 2.24) is 5.32 Å². The maximum Gasteiger partial charge on any atom is 0.0604 e. The van der Waals surface area contributed by atoms with Gasteiger partial charge in [-0.15, -0.1) is 0 Å². The second-order valence-electron chi connectivity index (χ2n) is 5.84. The lowest BCUT2D eigenvalue weighted by molar-refractivity contribution is -0.115. The first-order valence-corrected chi connectivity index (χ1v) is 6.74. The molecule has 0 heterocycles. The van der Waals surface area contributed by atoms with E-state index in [-0.39, 0.29) is 0 Å². The fourth-order valence-electron chi connectivity index (χ4n) is 3.66. The molecular formula is C12H22BrN. The smallest absolute Gasteiger partial charge is 0.0604 e. The van der Waals surface area contributed by atoms with Gasteiger partial charge in [0.2, 0.25) is 0 Å². The second kappa shape index (κ2) is 3.48. The SMILES string of the molecule is CC(Br)N[C@H]1C[C@H]2C[C@@H]([C@@H]1C)C2(C)C. The molecule has 3 aliphatic rings. The standard InChI is InChI=1S/C12H22BrN/c1-7-10-5-9(12(10,3)4)6-11(7)14-8(2)13/h7-11,14H,5-6H2,1-4H3/t7-,8?,9+,10-,11-/m0/s1. The summed E-state index contributed by atoms with van der Waals surface area (Å²) in [4.78, 5) is 0.454. The van der Waals surface area contributed by atoms with Gasteiger partial charge in [-0.25, -0.2) is 0 Å². The van der Waals surface area contributed by atoms with Crippen molar-refractivity contribution in [1.29, 1.82) is 0 Å². The zero-order valence-corrected chi connectivity index (χ0v) is 11.3. The third-order valence-electron chi connectivity index (χ3n) is 4.80. The highest BCUT2D eigenvalue weighted by molar-refractivity contribution is 9.09. The summed E-state index contributed by atoms with van der Waals surface area (Å²) in [5.41, 5.74) is 0.618. The van der Waals surface area contributed by atoms with Crippen molar-refractivity contribution in [2.45, 2.75) is 51.5 Å². The number of hydrogen-bond acceptors (Lipinski definition) is 1. The zero-order valence-electron chi connectivity index (χ0n) is 9.68. The predicted octanol–water partition coefficient (Wildman–Crippen LogP) is 3.39. The van der Waals surface area contributed by atoms with Crippen LogP contribution in [-0.2, 0) is 0 Å². The molecule has 2 heteroatoms. The third kappa shape index (κ3) is 1.55. The minimum atomic E-state index is 0.454. The molecule has 82 valence electrons. The molecule has 0 aliphatic heterocycles. The van der Waals surface area contributed by atoms with Gasteiger partial charge in [0.15, 0.2) is 0 Å². The van der Waals surface area contributed by atoms with Gasteiger partial charge in [-0.2, -0.15) is 0 Å². The van der Waals surface area contributed by atoms with Crippen molar-refractivity contribution >= 4 is 15.9 Å². The van der Waals surface area contributed by atoms with Gasteiger partial charge in [-0.05, 0) is 42.9 Å². The van der Waals surface area contributed by atoms with Gasteiger partial charge in [-0.3, -0.25) is 0 Å². The van der Waals surface area contributed by atoms with Crippen LogP contribution in [0.4, 0.5) is 0 Å². The summed E-state index contributed by atoms with van der Waals surface area (Å²) < 4.78 is 0. The molecular weight excluding hydrogens is 238 g/mol. The molecule has 1 unspecified atom stereocenters. The first-order valence-electron chi connectivity index (χ1n) is 5.83. The van der Waals surface area contributed by atoms with Crippen LogP contribution in [0.1, 0.15) is 40.5 Å². The molecule has 3 rings (SSSR count). The molecule has 1 nitrogen and oxygen atoms in total. The van der Waals surface area contributed by atoms with E-state index in [9.17, 15) is 0 Å². The summed E-state index contributed by atoms with van der Waals surface area (Å²) in [5.74, 6) is 2.76. The Morgan fingerprint density at radius 3 is 2.43 bits per heavy atom. The van der Waals surface area contributed by atoms with E-state index in [0.717, 1.165) is 23.8 Å². The fraction of sp³-hybridized carbons (Fsp3) is 1.00. The average molecular weight is 260 g/mol. The van der Waals surface area contributed by atoms with E-state index in [2.05, 4.69) is 48.9 Å². The summed E-state index contributed by atoms with van der Waals surface area (Å²) in [5, 5.41) is 3.65. The number of hydrogen-bond donors (Lipinski definition) is 1. The van der Waals surface area contributed by atoms with E-state index < -0.39 is 0 Å². The molecule has 0 aromatic carbocycles. The molecule has 14 heavy (non-hydrogen) atoms. The van der Waals surface area contributed by atoms with Crippen LogP contribution >= 0.6 is 15.9 Å². The Morgan fingerprint density at radius 2 is 2.00 bits per heavy atom. The van der Waals surface area contributed by atoms with Gasteiger partial charge in [0, 0.05) is 6.04 Å². The number of fused-ring (bicyclic) bond motifs is 2. The average Bonchev–Trinajstić information content (AvgIpc) is 2.06. The molecule has 3 saturated carbocycles. The Bertz CT molecular complexity index is 224. The first-order chi connectivity index (χ1) is 6.43. The van der Waals surface area contributed by atoms with Crippen LogP contribution < -0.4 is 5.32 Å². The van der Waals surface area contributed by atoms with Crippen LogP contribution in [0, 0.1) is 23.2 Å². The van der Waals surface area contributed by atoms with E-state index in [1.807, 2.05) is 0 Å². The van der Waals surface area contributed by atoms with E-state index in [1.165, 1.54) is 12.8 Å². The Labute approximate surface area is 96.2 Å². The molecule has 0 saturated heterocycles. The van der Waals surface area contributed by atoms with Crippen molar-refractivity contribution in [2.75, 3.05) is 0 Å². The molecule has 0 aromatic heterocycles. The molecule has 2 bridgehead atoms. The van der Waals surface area contributed by atoms with Crippen LogP contribution in [0.5, 0.6) is 0 Å². The highest BCUT2D eigenvalue weighted by Gasteiger charge is 2.56. The quantitative estimate of drug-likeness (QED) is 0.592. The van der Waals surface area contributed by atoms with E-state index in [1.54, 1.807) is 0 Å². The minimum absolute atomic E-state index is 0.454. The number of nitrogens with one attached hydrogen (secondary N) is 1. The van der Waals surface area contributed by atoms with E-state index in [0.29, 0.717) is 10.4 Å². The Balaban J connectivity index is 2.01. The van der Waals surface area contributed by atoms with E-state index >= 15 is 0 Å². The maximum absolute atomic E-state index is 3.65. The van der Waals surface area contributed by atoms with Gasteiger partial charge in [0.25, 0.3) is 0 Å². The van der Waals surface area contributed by atoms with Crippen molar-refractivity contribution in [3.8, 4) is 0 Å². The Kier molecular flexibility index (Phi) is 2.72. The lowest BCUT2D eigenvalue weighted by Crippen LogP contribution is -2.60. The molecule has 0 aromatic rings. The third-order valence-corrected chi connectivity index (χ3v) is 5.06. The van der Waals surface area contributed by atoms with Crippen molar-refractivity contribution in [2.24, 2.45) is 23.2 Å². The summed E-state index contributed by atoms with van der Waals surface area (Å²) in [6.45, 7) is 9.51. The number of alkyl halides is 1. The minimum Gasteiger partial charge on any atom is -0.302 e. The van der Waals surface area contributed by atoms with Crippen molar-refractivity contribution in [3.63, 3.8) is 0 Å².